The average Bonchev–Trinajstić information content (AvgIpc) is 2.48. The van der Waals surface area contributed by atoms with Gasteiger partial charge in [-0.15, -0.1) is 0 Å². The maximum Gasteiger partial charge on any atom is 0.258 e. The van der Waals surface area contributed by atoms with Crippen LogP contribution in [0, 0.1) is 25.2 Å². The van der Waals surface area contributed by atoms with E-state index in [0.29, 0.717) is 16.8 Å². The average molecular weight is 264 g/mol. The van der Waals surface area contributed by atoms with Gasteiger partial charge in [0.2, 0.25) is 0 Å². The van der Waals surface area contributed by atoms with Crippen LogP contribution in [0.4, 0.5) is 5.69 Å². The third-order valence-corrected chi connectivity index (χ3v) is 3.53. The fourth-order valence-corrected chi connectivity index (χ4v) is 2.13. The molecule has 2 rings (SSSR count). The van der Waals surface area contributed by atoms with Crippen LogP contribution in [-0.4, -0.2) is 13.0 Å². The highest BCUT2D eigenvalue weighted by atomic mass is 16.2. The zero-order valence-corrected chi connectivity index (χ0v) is 11.8. The highest BCUT2D eigenvalue weighted by molar-refractivity contribution is 6.07. The number of aryl methyl sites for hydroxylation is 1. The minimum atomic E-state index is -0.103. The fourth-order valence-electron chi connectivity index (χ4n) is 2.13. The molecule has 3 nitrogen and oxygen atoms in total. The molecule has 0 bridgehead atoms. The van der Waals surface area contributed by atoms with E-state index in [-0.39, 0.29) is 5.91 Å². The maximum atomic E-state index is 12.6. The molecule has 20 heavy (non-hydrogen) atoms. The summed E-state index contributed by atoms with van der Waals surface area (Å²) in [6.07, 6.45) is 0. The molecule has 0 fully saturated rings. The fraction of sp³-hybridized carbons (Fsp3) is 0.176. The third kappa shape index (κ3) is 2.41. The SMILES string of the molecule is Cc1cccc(C(=O)N(C)c2ccccc2C#N)c1C. The van der Waals surface area contributed by atoms with Gasteiger partial charge in [-0.2, -0.15) is 5.26 Å². The second kappa shape index (κ2) is 5.58. The molecule has 3 heteroatoms. The first kappa shape index (κ1) is 13.8. The van der Waals surface area contributed by atoms with Crippen LogP contribution in [0.1, 0.15) is 27.0 Å². The number of hydrogen-bond donors (Lipinski definition) is 0. The Morgan fingerprint density at radius 2 is 1.80 bits per heavy atom. The number of rotatable bonds is 2. The number of amides is 1. The summed E-state index contributed by atoms with van der Waals surface area (Å²) >= 11 is 0. The lowest BCUT2D eigenvalue weighted by Gasteiger charge is -2.20. The number of hydrogen-bond acceptors (Lipinski definition) is 2. The Bertz CT molecular complexity index is 698. The van der Waals surface area contributed by atoms with Gasteiger partial charge < -0.3 is 4.90 Å². The lowest BCUT2D eigenvalue weighted by Crippen LogP contribution is -2.27. The van der Waals surface area contributed by atoms with Crippen LogP contribution >= 0.6 is 0 Å². The van der Waals surface area contributed by atoms with Gasteiger partial charge in [-0.1, -0.05) is 24.3 Å². The van der Waals surface area contributed by atoms with Gasteiger partial charge in [-0.25, -0.2) is 0 Å². The Kier molecular flexibility index (Phi) is 3.86. The number of carbonyl (C=O) groups is 1. The van der Waals surface area contributed by atoms with E-state index in [0.717, 1.165) is 11.1 Å². The summed E-state index contributed by atoms with van der Waals surface area (Å²) in [5.74, 6) is -0.103. The van der Waals surface area contributed by atoms with Gasteiger partial charge in [-0.3, -0.25) is 4.79 Å². The molecule has 2 aromatic carbocycles. The van der Waals surface area contributed by atoms with Crippen LogP contribution in [0.15, 0.2) is 42.5 Å². The van der Waals surface area contributed by atoms with Crippen molar-refractivity contribution in [2.24, 2.45) is 0 Å². The predicted octanol–water partition coefficient (Wildman–Crippen LogP) is 3.45. The van der Waals surface area contributed by atoms with E-state index in [1.165, 1.54) is 4.90 Å². The van der Waals surface area contributed by atoms with Crippen molar-refractivity contribution in [1.29, 1.82) is 5.26 Å². The smallest absolute Gasteiger partial charge is 0.258 e. The molecular formula is C17H16N2O. The van der Waals surface area contributed by atoms with E-state index in [1.54, 1.807) is 25.2 Å². The van der Waals surface area contributed by atoms with Crippen molar-refractivity contribution in [1.82, 2.24) is 0 Å². The van der Waals surface area contributed by atoms with E-state index in [2.05, 4.69) is 6.07 Å². The first-order valence-corrected chi connectivity index (χ1v) is 6.39. The molecule has 0 spiro atoms. The summed E-state index contributed by atoms with van der Waals surface area (Å²) in [5, 5.41) is 9.13. The van der Waals surface area contributed by atoms with Crippen molar-refractivity contribution >= 4 is 11.6 Å². The summed E-state index contributed by atoms with van der Waals surface area (Å²) < 4.78 is 0. The maximum absolute atomic E-state index is 12.6. The quantitative estimate of drug-likeness (QED) is 0.833. The zero-order chi connectivity index (χ0) is 14.7. The topological polar surface area (TPSA) is 44.1 Å². The van der Waals surface area contributed by atoms with Crippen LogP contribution in [0.3, 0.4) is 0 Å². The van der Waals surface area contributed by atoms with Gasteiger partial charge in [0.25, 0.3) is 5.91 Å². The molecule has 0 heterocycles. The molecule has 0 saturated heterocycles. The molecular weight excluding hydrogens is 248 g/mol. The number of carbonyl (C=O) groups excluding carboxylic acids is 1. The van der Waals surface area contributed by atoms with Gasteiger partial charge in [0.05, 0.1) is 11.3 Å². The van der Waals surface area contributed by atoms with Crippen LogP contribution < -0.4 is 4.90 Å². The van der Waals surface area contributed by atoms with Crippen LogP contribution in [0.2, 0.25) is 0 Å². The van der Waals surface area contributed by atoms with E-state index < -0.39 is 0 Å². The van der Waals surface area contributed by atoms with Crippen LogP contribution in [0.25, 0.3) is 0 Å². The molecule has 100 valence electrons. The molecule has 0 unspecified atom stereocenters. The Morgan fingerprint density at radius 3 is 2.50 bits per heavy atom. The van der Waals surface area contributed by atoms with E-state index in [9.17, 15) is 4.79 Å². The Morgan fingerprint density at radius 1 is 1.10 bits per heavy atom. The zero-order valence-electron chi connectivity index (χ0n) is 11.8. The van der Waals surface area contributed by atoms with Gasteiger partial charge in [0, 0.05) is 12.6 Å². The molecule has 0 atom stereocenters. The Hall–Kier alpha value is -2.60. The van der Waals surface area contributed by atoms with Gasteiger partial charge in [0.15, 0.2) is 0 Å². The number of nitrogens with zero attached hydrogens (tertiary/aromatic N) is 2. The largest absolute Gasteiger partial charge is 0.310 e. The Labute approximate surface area is 119 Å². The molecule has 0 aliphatic carbocycles. The van der Waals surface area contributed by atoms with Crippen molar-refractivity contribution in [3.05, 3.63) is 64.7 Å². The van der Waals surface area contributed by atoms with E-state index in [1.807, 2.05) is 38.1 Å². The standard InChI is InChI=1S/C17H16N2O/c1-12-7-6-9-15(13(12)2)17(20)19(3)16-10-5-4-8-14(16)11-18/h4-10H,1-3H3. The minimum Gasteiger partial charge on any atom is -0.310 e. The summed E-state index contributed by atoms with van der Waals surface area (Å²) in [7, 11) is 1.69. The highest BCUT2D eigenvalue weighted by Crippen LogP contribution is 2.22. The summed E-state index contributed by atoms with van der Waals surface area (Å²) in [5.41, 5.74) is 3.84. The highest BCUT2D eigenvalue weighted by Gasteiger charge is 2.18. The van der Waals surface area contributed by atoms with Gasteiger partial charge in [-0.05, 0) is 43.2 Å². The van der Waals surface area contributed by atoms with Crippen LogP contribution in [-0.2, 0) is 0 Å². The summed E-state index contributed by atoms with van der Waals surface area (Å²) in [6.45, 7) is 3.92. The normalized spacial score (nSPS) is 9.90. The molecule has 0 aliphatic heterocycles. The monoisotopic (exact) mass is 264 g/mol. The lowest BCUT2D eigenvalue weighted by atomic mass is 10.0. The summed E-state index contributed by atoms with van der Waals surface area (Å²) in [6, 6.07) is 14.9. The van der Waals surface area contributed by atoms with Crippen molar-refractivity contribution in [3.8, 4) is 6.07 Å². The van der Waals surface area contributed by atoms with Gasteiger partial charge in [0.1, 0.15) is 6.07 Å². The molecule has 1 amide bonds. The third-order valence-electron chi connectivity index (χ3n) is 3.53. The number of para-hydroxylation sites is 1. The summed E-state index contributed by atoms with van der Waals surface area (Å²) in [4.78, 5) is 14.1. The lowest BCUT2D eigenvalue weighted by molar-refractivity contribution is 0.0992. The molecule has 0 aromatic heterocycles. The first-order chi connectivity index (χ1) is 9.56. The molecule has 0 N–H and O–H groups in total. The second-order valence-electron chi connectivity index (χ2n) is 4.74. The number of anilines is 1. The number of nitriles is 1. The minimum absolute atomic E-state index is 0.103. The molecule has 0 saturated carbocycles. The van der Waals surface area contributed by atoms with Crippen molar-refractivity contribution in [2.45, 2.75) is 13.8 Å². The van der Waals surface area contributed by atoms with E-state index in [4.69, 9.17) is 5.26 Å². The van der Waals surface area contributed by atoms with E-state index >= 15 is 0 Å². The predicted molar refractivity (Wildman–Crippen MR) is 79.8 cm³/mol. The van der Waals surface area contributed by atoms with Crippen LogP contribution in [0.5, 0.6) is 0 Å². The number of benzene rings is 2. The van der Waals surface area contributed by atoms with Crippen molar-refractivity contribution in [3.63, 3.8) is 0 Å². The first-order valence-electron chi connectivity index (χ1n) is 6.39. The van der Waals surface area contributed by atoms with Crippen molar-refractivity contribution in [2.75, 3.05) is 11.9 Å². The van der Waals surface area contributed by atoms with Crippen molar-refractivity contribution < 1.29 is 4.79 Å². The Balaban J connectivity index is 2.44. The molecule has 0 aliphatic rings. The second-order valence-corrected chi connectivity index (χ2v) is 4.74. The molecule has 2 aromatic rings. The van der Waals surface area contributed by atoms with Gasteiger partial charge >= 0.3 is 0 Å². The molecule has 0 radical (unpaired) electrons.